The molecule has 22 heavy (non-hydrogen) atoms. The second-order valence-electron chi connectivity index (χ2n) is 5.21. The molecule has 0 aliphatic carbocycles. The zero-order valence-electron chi connectivity index (χ0n) is 12.6. The van der Waals surface area contributed by atoms with Gasteiger partial charge in [-0.25, -0.2) is 0 Å². The summed E-state index contributed by atoms with van der Waals surface area (Å²) < 4.78 is 10.8. The van der Waals surface area contributed by atoms with Crippen LogP contribution in [-0.4, -0.2) is 25.7 Å². The Balaban J connectivity index is 2.00. The number of nitrogens with zero attached hydrogens (tertiary/aromatic N) is 1. The van der Waals surface area contributed by atoms with Gasteiger partial charge in [0.05, 0.1) is 12.8 Å². The Morgan fingerprint density at radius 2 is 1.91 bits per heavy atom. The minimum atomic E-state index is -0.369. The highest BCUT2D eigenvalue weighted by atomic mass is 16.5. The average molecular weight is 297 g/mol. The number of carbonyl (C=O) groups excluding carboxylic acids is 1. The Hall–Kier alpha value is -2.33. The van der Waals surface area contributed by atoms with Gasteiger partial charge in [-0.3, -0.25) is 9.69 Å². The van der Waals surface area contributed by atoms with Crippen molar-refractivity contribution in [3.8, 4) is 5.75 Å². The highest BCUT2D eigenvalue weighted by Gasteiger charge is 2.30. The third-order valence-corrected chi connectivity index (χ3v) is 3.75. The minimum absolute atomic E-state index is 0.0306. The van der Waals surface area contributed by atoms with Crippen LogP contribution in [0.1, 0.15) is 12.8 Å². The van der Waals surface area contributed by atoms with E-state index in [2.05, 4.69) is 0 Å². The molecule has 1 aliphatic heterocycles. The van der Waals surface area contributed by atoms with Crippen molar-refractivity contribution >= 4 is 17.3 Å². The molecule has 1 heterocycles. The average Bonchev–Trinajstić information content (AvgIpc) is 3.11. The van der Waals surface area contributed by atoms with E-state index in [1.807, 2.05) is 54.6 Å². The quantitative estimate of drug-likeness (QED) is 0.866. The molecule has 0 N–H and O–H groups in total. The monoisotopic (exact) mass is 297 g/mol. The maximum atomic E-state index is 12.9. The second-order valence-corrected chi connectivity index (χ2v) is 5.21. The van der Waals surface area contributed by atoms with E-state index < -0.39 is 0 Å². The summed E-state index contributed by atoms with van der Waals surface area (Å²) in [7, 11) is 1.62. The number of benzene rings is 2. The SMILES string of the molecule is COc1cccc(N(C(=O)[C@H]2CCCO2)c2ccccc2)c1. The molecule has 1 fully saturated rings. The van der Waals surface area contributed by atoms with Crippen molar-refractivity contribution in [2.24, 2.45) is 0 Å². The van der Waals surface area contributed by atoms with Crippen LogP contribution in [0, 0.1) is 0 Å². The molecule has 0 saturated carbocycles. The maximum absolute atomic E-state index is 12.9. The van der Waals surface area contributed by atoms with E-state index in [1.54, 1.807) is 12.0 Å². The fourth-order valence-corrected chi connectivity index (χ4v) is 2.65. The molecule has 0 radical (unpaired) electrons. The maximum Gasteiger partial charge on any atom is 0.260 e. The number of anilines is 2. The lowest BCUT2D eigenvalue weighted by Crippen LogP contribution is -2.35. The Bertz CT molecular complexity index is 636. The van der Waals surface area contributed by atoms with Crippen LogP contribution in [0.15, 0.2) is 54.6 Å². The lowest BCUT2D eigenvalue weighted by Gasteiger charge is -2.26. The molecule has 1 saturated heterocycles. The van der Waals surface area contributed by atoms with Gasteiger partial charge in [0.2, 0.25) is 0 Å². The molecule has 4 nitrogen and oxygen atoms in total. The van der Waals surface area contributed by atoms with Gasteiger partial charge in [0, 0.05) is 18.4 Å². The predicted octanol–water partition coefficient (Wildman–Crippen LogP) is 3.54. The molecule has 3 rings (SSSR count). The van der Waals surface area contributed by atoms with Gasteiger partial charge in [0.15, 0.2) is 0 Å². The standard InChI is InChI=1S/C18H19NO3/c1-21-16-10-5-9-15(13-16)19(14-7-3-2-4-8-14)18(20)17-11-6-12-22-17/h2-5,7-10,13,17H,6,11-12H2,1H3/t17-/m1/s1. The van der Waals surface area contributed by atoms with E-state index in [9.17, 15) is 4.79 Å². The first-order valence-electron chi connectivity index (χ1n) is 7.44. The van der Waals surface area contributed by atoms with Gasteiger partial charge < -0.3 is 9.47 Å². The number of methoxy groups -OCH3 is 1. The third kappa shape index (κ3) is 2.97. The molecule has 2 aromatic carbocycles. The summed E-state index contributed by atoms with van der Waals surface area (Å²) in [5.74, 6) is 0.690. The van der Waals surface area contributed by atoms with Crippen molar-refractivity contribution in [3.05, 3.63) is 54.6 Å². The highest BCUT2D eigenvalue weighted by molar-refractivity contribution is 6.03. The fraction of sp³-hybridized carbons (Fsp3) is 0.278. The molecule has 1 aliphatic rings. The number of para-hydroxylation sites is 1. The predicted molar refractivity (Wildman–Crippen MR) is 85.6 cm³/mol. The molecular formula is C18H19NO3. The van der Waals surface area contributed by atoms with Crippen molar-refractivity contribution in [2.45, 2.75) is 18.9 Å². The number of carbonyl (C=O) groups is 1. The van der Waals surface area contributed by atoms with Crippen LogP contribution in [0.4, 0.5) is 11.4 Å². The summed E-state index contributed by atoms with van der Waals surface area (Å²) in [5, 5.41) is 0. The van der Waals surface area contributed by atoms with Crippen molar-refractivity contribution in [2.75, 3.05) is 18.6 Å². The molecule has 0 bridgehead atoms. The molecule has 0 spiro atoms. The molecule has 4 heteroatoms. The Morgan fingerprint density at radius 3 is 2.59 bits per heavy atom. The van der Waals surface area contributed by atoms with E-state index in [1.165, 1.54) is 0 Å². The summed E-state index contributed by atoms with van der Waals surface area (Å²) >= 11 is 0. The first-order chi connectivity index (χ1) is 10.8. The van der Waals surface area contributed by atoms with Crippen molar-refractivity contribution in [1.82, 2.24) is 0 Å². The number of hydrogen-bond donors (Lipinski definition) is 0. The van der Waals surface area contributed by atoms with Crippen molar-refractivity contribution < 1.29 is 14.3 Å². The number of ether oxygens (including phenoxy) is 2. The van der Waals surface area contributed by atoms with Gasteiger partial charge in [-0.05, 0) is 37.1 Å². The van der Waals surface area contributed by atoms with Gasteiger partial charge in [0.1, 0.15) is 11.9 Å². The zero-order valence-corrected chi connectivity index (χ0v) is 12.6. The van der Waals surface area contributed by atoms with Crippen molar-refractivity contribution in [3.63, 3.8) is 0 Å². The number of amides is 1. The fourth-order valence-electron chi connectivity index (χ4n) is 2.65. The third-order valence-electron chi connectivity index (χ3n) is 3.75. The largest absolute Gasteiger partial charge is 0.497 e. The van der Waals surface area contributed by atoms with Crippen LogP contribution in [0.5, 0.6) is 5.75 Å². The smallest absolute Gasteiger partial charge is 0.260 e. The van der Waals surface area contributed by atoms with Gasteiger partial charge in [-0.15, -0.1) is 0 Å². The zero-order chi connectivity index (χ0) is 15.4. The van der Waals surface area contributed by atoms with Gasteiger partial charge in [-0.1, -0.05) is 24.3 Å². The molecule has 0 unspecified atom stereocenters. The van der Waals surface area contributed by atoms with Gasteiger partial charge in [0.25, 0.3) is 5.91 Å². The molecule has 1 atom stereocenters. The summed E-state index contributed by atoms with van der Waals surface area (Å²) in [6.45, 7) is 0.650. The normalized spacial score (nSPS) is 17.2. The lowest BCUT2D eigenvalue weighted by molar-refractivity contribution is -0.126. The van der Waals surface area contributed by atoms with E-state index in [4.69, 9.17) is 9.47 Å². The Labute approximate surface area is 130 Å². The minimum Gasteiger partial charge on any atom is -0.497 e. The molecule has 114 valence electrons. The van der Waals surface area contributed by atoms with Crippen LogP contribution >= 0.6 is 0 Å². The molecular weight excluding hydrogens is 278 g/mol. The molecule has 1 amide bonds. The lowest BCUT2D eigenvalue weighted by atomic mass is 10.1. The number of hydrogen-bond acceptors (Lipinski definition) is 3. The van der Waals surface area contributed by atoms with E-state index in [0.29, 0.717) is 6.61 Å². The van der Waals surface area contributed by atoms with Crippen LogP contribution < -0.4 is 9.64 Å². The topological polar surface area (TPSA) is 38.8 Å². The van der Waals surface area contributed by atoms with Crippen LogP contribution in [-0.2, 0) is 9.53 Å². The summed E-state index contributed by atoms with van der Waals surface area (Å²) in [4.78, 5) is 14.6. The van der Waals surface area contributed by atoms with Crippen molar-refractivity contribution in [1.29, 1.82) is 0 Å². The first kappa shape index (κ1) is 14.6. The van der Waals surface area contributed by atoms with Crippen LogP contribution in [0.2, 0.25) is 0 Å². The van der Waals surface area contributed by atoms with E-state index >= 15 is 0 Å². The Morgan fingerprint density at radius 1 is 1.14 bits per heavy atom. The number of rotatable bonds is 4. The van der Waals surface area contributed by atoms with Gasteiger partial charge >= 0.3 is 0 Å². The van der Waals surface area contributed by atoms with Crippen LogP contribution in [0.3, 0.4) is 0 Å². The van der Waals surface area contributed by atoms with Crippen LogP contribution in [0.25, 0.3) is 0 Å². The highest BCUT2D eigenvalue weighted by Crippen LogP contribution is 2.30. The molecule has 0 aromatic heterocycles. The first-order valence-corrected chi connectivity index (χ1v) is 7.44. The second kappa shape index (κ2) is 6.62. The van der Waals surface area contributed by atoms with E-state index in [0.717, 1.165) is 30.0 Å². The summed E-state index contributed by atoms with van der Waals surface area (Å²) in [6.07, 6.45) is 1.33. The van der Waals surface area contributed by atoms with E-state index in [-0.39, 0.29) is 12.0 Å². The molecule has 2 aromatic rings. The Kier molecular flexibility index (Phi) is 4.39. The van der Waals surface area contributed by atoms with Gasteiger partial charge in [-0.2, -0.15) is 0 Å². The summed E-state index contributed by atoms with van der Waals surface area (Å²) in [6, 6.07) is 17.1. The summed E-state index contributed by atoms with van der Waals surface area (Å²) in [5.41, 5.74) is 1.61.